The van der Waals surface area contributed by atoms with Gasteiger partial charge in [-0.3, -0.25) is 0 Å². The molecule has 1 aliphatic carbocycles. The van der Waals surface area contributed by atoms with Crippen molar-refractivity contribution in [2.45, 2.75) is 56.7 Å². The third-order valence-corrected chi connectivity index (χ3v) is 5.04. The maximum absolute atomic E-state index is 10.6. The molecule has 2 N–H and O–H groups in total. The summed E-state index contributed by atoms with van der Waals surface area (Å²) < 4.78 is 6.71. The molecule has 1 heterocycles. The summed E-state index contributed by atoms with van der Waals surface area (Å²) >= 11 is 3.52. The summed E-state index contributed by atoms with van der Waals surface area (Å²) in [6, 6.07) is 4.08. The van der Waals surface area contributed by atoms with Gasteiger partial charge >= 0.3 is 0 Å². The zero-order valence-electron chi connectivity index (χ0n) is 11.6. The van der Waals surface area contributed by atoms with Crippen molar-refractivity contribution in [2.24, 2.45) is 0 Å². The van der Waals surface area contributed by atoms with E-state index in [1.54, 1.807) is 0 Å². The van der Waals surface area contributed by atoms with Crippen molar-refractivity contribution >= 4 is 15.9 Å². The molecular weight excluding hydrogens is 320 g/mol. The maximum Gasteiger partial charge on any atom is 0.125 e. The Balaban J connectivity index is 1.81. The molecule has 1 fully saturated rings. The van der Waals surface area contributed by atoms with Crippen molar-refractivity contribution in [3.8, 4) is 5.75 Å². The SMILES string of the molecule is OC(Cc1cc(Br)cc2c1OCC2)C1(O)CCCCC1. The Hall–Kier alpha value is -0.580. The standard InChI is InChI=1S/C16H21BrO3/c17-13-8-11-4-7-20-15(11)12(9-13)10-14(18)16(19)5-2-1-3-6-16/h8-9,14,18-19H,1-7,10H2. The molecular formula is C16H21BrO3. The lowest BCUT2D eigenvalue weighted by atomic mass is 9.79. The molecule has 3 rings (SSSR count). The summed E-state index contributed by atoms with van der Waals surface area (Å²) in [5, 5.41) is 21.1. The van der Waals surface area contributed by atoms with Crippen LogP contribution in [0.1, 0.15) is 43.2 Å². The molecule has 0 bridgehead atoms. The molecule has 1 aromatic rings. The first-order valence-corrected chi connectivity index (χ1v) is 8.22. The van der Waals surface area contributed by atoms with E-state index < -0.39 is 11.7 Å². The Morgan fingerprint density at radius 1 is 1.25 bits per heavy atom. The Labute approximate surface area is 128 Å². The van der Waals surface area contributed by atoms with Crippen LogP contribution in [-0.2, 0) is 12.8 Å². The van der Waals surface area contributed by atoms with E-state index in [9.17, 15) is 10.2 Å². The van der Waals surface area contributed by atoms with Crippen molar-refractivity contribution in [3.05, 3.63) is 27.7 Å². The van der Waals surface area contributed by atoms with Crippen LogP contribution in [0.25, 0.3) is 0 Å². The summed E-state index contributed by atoms with van der Waals surface area (Å²) in [5.41, 5.74) is 1.27. The molecule has 4 heteroatoms. The predicted molar refractivity (Wildman–Crippen MR) is 81.1 cm³/mol. The molecule has 0 radical (unpaired) electrons. The molecule has 1 unspecified atom stereocenters. The van der Waals surface area contributed by atoms with Gasteiger partial charge < -0.3 is 14.9 Å². The maximum atomic E-state index is 10.6. The normalized spacial score (nSPS) is 22.1. The van der Waals surface area contributed by atoms with Gasteiger partial charge in [0.25, 0.3) is 0 Å². The van der Waals surface area contributed by atoms with Crippen molar-refractivity contribution in [3.63, 3.8) is 0 Å². The summed E-state index contributed by atoms with van der Waals surface area (Å²) in [7, 11) is 0. The van der Waals surface area contributed by atoms with Gasteiger partial charge in [0.1, 0.15) is 5.75 Å². The van der Waals surface area contributed by atoms with Crippen molar-refractivity contribution in [1.29, 1.82) is 0 Å². The summed E-state index contributed by atoms with van der Waals surface area (Å²) in [5.74, 6) is 0.909. The summed E-state index contributed by atoms with van der Waals surface area (Å²) in [4.78, 5) is 0. The Morgan fingerprint density at radius 2 is 2.00 bits per heavy atom. The van der Waals surface area contributed by atoms with E-state index in [1.165, 1.54) is 5.56 Å². The van der Waals surface area contributed by atoms with Crippen LogP contribution in [0.5, 0.6) is 5.75 Å². The van der Waals surface area contributed by atoms with Gasteiger partial charge in [0.05, 0.1) is 18.3 Å². The predicted octanol–water partition coefficient (Wildman–Crippen LogP) is 2.98. The average Bonchev–Trinajstić information content (AvgIpc) is 2.87. The molecule has 1 saturated carbocycles. The van der Waals surface area contributed by atoms with Gasteiger partial charge in [-0.2, -0.15) is 0 Å². The Morgan fingerprint density at radius 3 is 2.75 bits per heavy atom. The summed E-state index contributed by atoms with van der Waals surface area (Å²) in [6.07, 6.45) is 5.22. The molecule has 1 atom stereocenters. The first kappa shape index (κ1) is 14.4. The monoisotopic (exact) mass is 340 g/mol. The minimum absolute atomic E-state index is 0.457. The average molecular weight is 341 g/mol. The van der Waals surface area contributed by atoms with Gasteiger partial charge in [0.15, 0.2) is 0 Å². The summed E-state index contributed by atoms with van der Waals surface area (Å²) in [6.45, 7) is 0.707. The van der Waals surface area contributed by atoms with Gasteiger partial charge in [-0.25, -0.2) is 0 Å². The second-order valence-corrected chi connectivity index (χ2v) is 6.95. The van der Waals surface area contributed by atoms with E-state index in [-0.39, 0.29) is 0 Å². The number of rotatable bonds is 3. The molecule has 20 heavy (non-hydrogen) atoms. The minimum Gasteiger partial charge on any atom is -0.493 e. The molecule has 1 aromatic carbocycles. The van der Waals surface area contributed by atoms with E-state index in [0.717, 1.165) is 41.5 Å². The fourth-order valence-corrected chi connectivity index (χ4v) is 3.95. The largest absolute Gasteiger partial charge is 0.493 e. The third kappa shape index (κ3) is 2.74. The fraction of sp³-hybridized carbons (Fsp3) is 0.625. The minimum atomic E-state index is -0.925. The lowest BCUT2D eigenvalue weighted by Gasteiger charge is -2.36. The number of benzene rings is 1. The van der Waals surface area contributed by atoms with Gasteiger partial charge in [-0.05, 0) is 36.1 Å². The number of hydrogen-bond acceptors (Lipinski definition) is 3. The van der Waals surface area contributed by atoms with Gasteiger partial charge in [-0.1, -0.05) is 35.2 Å². The van der Waals surface area contributed by atoms with E-state index in [1.807, 2.05) is 6.07 Å². The van der Waals surface area contributed by atoms with Crippen LogP contribution in [0.15, 0.2) is 16.6 Å². The van der Waals surface area contributed by atoms with E-state index in [2.05, 4.69) is 22.0 Å². The first-order valence-electron chi connectivity index (χ1n) is 7.43. The first-order chi connectivity index (χ1) is 9.58. The second kappa shape index (κ2) is 5.66. The molecule has 0 amide bonds. The van der Waals surface area contributed by atoms with E-state index in [0.29, 0.717) is 25.9 Å². The molecule has 0 spiro atoms. The highest BCUT2D eigenvalue weighted by Gasteiger charge is 2.37. The molecule has 0 aromatic heterocycles. The van der Waals surface area contributed by atoms with Crippen LogP contribution in [0.4, 0.5) is 0 Å². The van der Waals surface area contributed by atoms with Crippen LogP contribution >= 0.6 is 15.9 Å². The highest BCUT2D eigenvalue weighted by atomic mass is 79.9. The zero-order valence-corrected chi connectivity index (χ0v) is 13.2. The lowest BCUT2D eigenvalue weighted by Crippen LogP contribution is -2.45. The van der Waals surface area contributed by atoms with Crippen LogP contribution in [0.3, 0.4) is 0 Å². The second-order valence-electron chi connectivity index (χ2n) is 6.04. The van der Waals surface area contributed by atoms with E-state index >= 15 is 0 Å². The fourth-order valence-electron chi connectivity index (χ4n) is 3.39. The molecule has 0 saturated heterocycles. The number of hydrogen-bond donors (Lipinski definition) is 2. The topological polar surface area (TPSA) is 49.7 Å². The molecule has 3 nitrogen and oxygen atoms in total. The number of halogens is 1. The van der Waals surface area contributed by atoms with Gasteiger partial charge in [0, 0.05) is 17.3 Å². The van der Waals surface area contributed by atoms with Crippen LogP contribution in [-0.4, -0.2) is 28.5 Å². The highest BCUT2D eigenvalue weighted by molar-refractivity contribution is 9.10. The molecule has 1 aliphatic heterocycles. The Bertz CT molecular complexity index is 495. The van der Waals surface area contributed by atoms with Gasteiger partial charge in [0.2, 0.25) is 0 Å². The van der Waals surface area contributed by atoms with Crippen molar-refractivity contribution in [2.75, 3.05) is 6.61 Å². The highest BCUT2D eigenvalue weighted by Crippen LogP contribution is 2.37. The number of ether oxygens (including phenoxy) is 1. The lowest BCUT2D eigenvalue weighted by molar-refractivity contribution is -0.0961. The molecule has 110 valence electrons. The van der Waals surface area contributed by atoms with Crippen LogP contribution in [0.2, 0.25) is 0 Å². The smallest absolute Gasteiger partial charge is 0.125 e. The van der Waals surface area contributed by atoms with Crippen LogP contribution < -0.4 is 4.74 Å². The number of fused-ring (bicyclic) bond motifs is 1. The quantitative estimate of drug-likeness (QED) is 0.889. The number of aliphatic hydroxyl groups excluding tert-OH is 1. The Kier molecular flexibility index (Phi) is 4.07. The van der Waals surface area contributed by atoms with Gasteiger partial charge in [-0.15, -0.1) is 0 Å². The van der Waals surface area contributed by atoms with E-state index in [4.69, 9.17) is 4.74 Å². The zero-order chi connectivity index (χ0) is 14.2. The van der Waals surface area contributed by atoms with Crippen molar-refractivity contribution in [1.82, 2.24) is 0 Å². The van der Waals surface area contributed by atoms with Crippen LogP contribution in [0, 0.1) is 0 Å². The number of aliphatic hydroxyl groups is 2. The molecule has 2 aliphatic rings. The van der Waals surface area contributed by atoms with Crippen molar-refractivity contribution < 1.29 is 14.9 Å². The third-order valence-electron chi connectivity index (χ3n) is 4.58.